The summed E-state index contributed by atoms with van der Waals surface area (Å²) < 4.78 is 0.929. The molecule has 1 saturated heterocycles. The third kappa shape index (κ3) is 4.60. The molecule has 3 amide bonds. The van der Waals surface area contributed by atoms with Gasteiger partial charge in [-0.3, -0.25) is 14.4 Å². The summed E-state index contributed by atoms with van der Waals surface area (Å²) in [7, 11) is 0. The second-order valence-electron chi connectivity index (χ2n) is 6.88. The maximum absolute atomic E-state index is 12.7. The fourth-order valence-corrected chi connectivity index (χ4v) is 4.16. The van der Waals surface area contributed by atoms with E-state index in [1.165, 1.54) is 11.3 Å². The fraction of sp³-hybridized carbons (Fsp3) is 0.136. The number of thiophene rings is 1. The number of carbonyl (C=O) groups is 3. The second-order valence-corrected chi connectivity index (χ2v) is 8.75. The zero-order valence-electron chi connectivity index (χ0n) is 15.8. The van der Waals surface area contributed by atoms with Gasteiger partial charge in [0.25, 0.3) is 5.91 Å². The maximum Gasteiger partial charge on any atom is 0.265 e. The largest absolute Gasteiger partial charge is 0.326 e. The van der Waals surface area contributed by atoms with Gasteiger partial charge >= 0.3 is 0 Å². The predicted molar refractivity (Wildman–Crippen MR) is 122 cm³/mol. The van der Waals surface area contributed by atoms with Crippen molar-refractivity contribution in [3.63, 3.8) is 0 Å². The lowest BCUT2D eigenvalue weighted by Gasteiger charge is -2.17. The normalized spacial score (nSPS) is 15.8. The first kappa shape index (κ1) is 20.3. The van der Waals surface area contributed by atoms with Crippen molar-refractivity contribution < 1.29 is 14.4 Å². The van der Waals surface area contributed by atoms with Gasteiger partial charge in [0.1, 0.15) is 0 Å². The summed E-state index contributed by atoms with van der Waals surface area (Å²) in [5.74, 6) is -0.926. The minimum atomic E-state index is -0.439. The Bertz CT molecular complexity index is 1080. The SMILES string of the molecule is O=C(Nc1cccc(NC(=O)C2CC(=O)N(c3ccc(Br)cc3)C2)c1)c1cccs1. The lowest BCUT2D eigenvalue weighted by molar-refractivity contribution is -0.122. The summed E-state index contributed by atoms with van der Waals surface area (Å²) in [6, 6.07) is 18.0. The van der Waals surface area contributed by atoms with Crippen LogP contribution >= 0.6 is 27.3 Å². The average Bonchev–Trinajstić information content (AvgIpc) is 3.39. The molecule has 2 N–H and O–H groups in total. The highest BCUT2D eigenvalue weighted by molar-refractivity contribution is 9.10. The highest BCUT2D eigenvalue weighted by atomic mass is 79.9. The summed E-state index contributed by atoms with van der Waals surface area (Å²) in [6.45, 7) is 0.334. The summed E-state index contributed by atoms with van der Waals surface area (Å²) in [5.41, 5.74) is 1.93. The summed E-state index contributed by atoms with van der Waals surface area (Å²) in [4.78, 5) is 39.6. The molecule has 3 aromatic rings. The molecule has 1 aliphatic heterocycles. The summed E-state index contributed by atoms with van der Waals surface area (Å²) in [5, 5.41) is 7.52. The van der Waals surface area contributed by atoms with Crippen molar-refractivity contribution in [2.24, 2.45) is 5.92 Å². The summed E-state index contributed by atoms with van der Waals surface area (Å²) in [6.07, 6.45) is 0.163. The first-order valence-corrected chi connectivity index (χ1v) is 11.0. The zero-order valence-corrected chi connectivity index (χ0v) is 18.2. The van der Waals surface area contributed by atoms with Crippen LogP contribution in [-0.4, -0.2) is 24.3 Å². The van der Waals surface area contributed by atoms with Crippen molar-refractivity contribution in [1.29, 1.82) is 0 Å². The summed E-state index contributed by atoms with van der Waals surface area (Å²) >= 11 is 4.74. The molecule has 152 valence electrons. The first-order valence-electron chi connectivity index (χ1n) is 9.31. The number of benzene rings is 2. The first-order chi connectivity index (χ1) is 14.5. The third-order valence-corrected chi connectivity index (χ3v) is 6.16. The number of nitrogens with zero attached hydrogens (tertiary/aromatic N) is 1. The molecule has 8 heteroatoms. The van der Waals surface area contributed by atoms with Crippen molar-refractivity contribution in [3.05, 3.63) is 75.4 Å². The van der Waals surface area contributed by atoms with E-state index in [9.17, 15) is 14.4 Å². The third-order valence-electron chi connectivity index (χ3n) is 4.77. The van der Waals surface area contributed by atoms with Gasteiger partial charge in [0.15, 0.2) is 0 Å². The molecule has 0 spiro atoms. The Hall–Kier alpha value is -2.97. The fourth-order valence-electron chi connectivity index (χ4n) is 3.27. The Morgan fingerprint density at radius 3 is 2.43 bits per heavy atom. The van der Waals surface area contributed by atoms with Crippen LogP contribution in [0.5, 0.6) is 0 Å². The number of anilines is 3. The van der Waals surface area contributed by atoms with E-state index in [4.69, 9.17) is 0 Å². The molecule has 4 rings (SSSR count). The zero-order chi connectivity index (χ0) is 21.1. The molecular formula is C22H18BrN3O3S. The lowest BCUT2D eigenvalue weighted by atomic mass is 10.1. The molecule has 1 aliphatic rings. The van der Waals surface area contributed by atoms with Gasteiger partial charge < -0.3 is 15.5 Å². The minimum absolute atomic E-state index is 0.0746. The predicted octanol–water partition coefficient (Wildman–Crippen LogP) is 4.75. The highest BCUT2D eigenvalue weighted by Gasteiger charge is 2.35. The van der Waals surface area contributed by atoms with Crippen molar-refractivity contribution in [1.82, 2.24) is 0 Å². The molecule has 0 radical (unpaired) electrons. The van der Waals surface area contributed by atoms with Gasteiger partial charge in [0.2, 0.25) is 11.8 Å². The van der Waals surface area contributed by atoms with E-state index in [1.54, 1.807) is 35.2 Å². The van der Waals surface area contributed by atoms with E-state index in [0.29, 0.717) is 22.8 Å². The van der Waals surface area contributed by atoms with Gasteiger partial charge in [-0.05, 0) is 53.9 Å². The minimum Gasteiger partial charge on any atom is -0.326 e. The van der Waals surface area contributed by atoms with Crippen LogP contribution in [0.15, 0.2) is 70.5 Å². The molecule has 2 aromatic carbocycles. The highest BCUT2D eigenvalue weighted by Crippen LogP contribution is 2.27. The average molecular weight is 484 g/mol. The standard InChI is InChI=1S/C22H18BrN3O3S/c23-15-6-8-18(9-7-15)26-13-14(11-20(26)27)21(28)24-16-3-1-4-17(12-16)25-22(29)19-5-2-10-30-19/h1-10,12,14H,11,13H2,(H,24,28)(H,25,29). The number of hydrogen-bond acceptors (Lipinski definition) is 4. The van der Waals surface area contributed by atoms with Gasteiger partial charge in [-0.1, -0.05) is 28.1 Å². The monoisotopic (exact) mass is 483 g/mol. The molecule has 1 atom stereocenters. The number of nitrogens with one attached hydrogen (secondary N) is 2. The van der Waals surface area contributed by atoms with E-state index >= 15 is 0 Å². The number of amides is 3. The van der Waals surface area contributed by atoms with E-state index in [-0.39, 0.29) is 24.1 Å². The van der Waals surface area contributed by atoms with Gasteiger partial charge in [-0.15, -0.1) is 11.3 Å². The molecule has 1 unspecified atom stereocenters. The Balaban J connectivity index is 1.40. The quantitative estimate of drug-likeness (QED) is 0.549. The number of rotatable bonds is 5. The molecule has 1 fully saturated rings. The van der Waals surface area contributed by atoms with Crippen molar-refractivity contribution in [2.45, 2.75) is 6.42 Å². The van der Waals surface area contributed by atoms with E-state index in [1.807, 2.05) is 35.7 Å². The van der Waals surface area contributed by atoms with Crippen LogP contribution in [0.3, 0.4) is 0 Å². The molecule has 0 bridgehead atoms. The van der Waals surface area contributed by atoms with Gasteiger partial charge in [0.05, 0.1) is 10.8 Å². The van der Waals surface area contributed by atoms with Crippen molar-refractivity contribution >= 4 is 62.1 Å². The van der Waals surface area contributed by atoms with E-state index < -0.39 is 5.92 Å². The van der Waals surface area contributed by atoms with Crippen molar-refractivity contribution in [3.8, 4) is 0 Å². The number of hydrogen-bond donors (Lipinski definition) is 2. The molecule has 2 heterocycles. The van der Waals surface area contributed by atoms with Crippen LogP contribution in [0.25, 0.3) is 0 Å². The van der Waals surface area contributed by atoms with Crippen LogP contribution in [0.2, 0.25) is 0 Å². The lowest BCUT2D eigenvalue weighted by Crippen LogP contribution is -2.28. The van der Waals surface area contributed by atoms with Gasteiger partial charge in [-0.25, -0.2) is 0 Å². The Labute approximate surface area is 186 Å². The smallest absolute Gasteiger partial charge is 0.265 e. The van der Waals surface area contributed by atoms with Crippen LogP contribution < -0.4 is 15.5 Å². The molecule has 1 aromatic heterocycles. The maximum atomic E-state index is 12.7. The van der Waals surface area contributed by atoms with Crippen LogP contribution in [0, 0.1) is 5.92 Å². The Kier molecular flexibility index (Phi) is 5.96. The van der Waals surface area contributed by atoms with Crippen LogP contribution in [0.4, 0.5) is 17.1 Å². The van der Waals surface area contributed by atoms with Crippen LogP contribution in [0.1, 0.15) is 16.1 Å². The number of halogens is 1. The number of carbonyl (C=O) groups excluding carboxylic acids is 3. The van der Waals surface area contributed by atoms with E-state index in [2.05, 4.69) is 26.6 Å². The molecule has 6 nitrogen and oxygen atoms in total. The topological polar surface area (TPSA) is 78.5 Å². The molecule has 0 aliphatic carbocycles. The van der Waals surface area contributed by atoms with Gasteiger partial charge in [0, 0.05) is 34.5 Å². The Morgan fingerprint density at radius 1 is 1.00 bits per heavy atom. The van der Waals surface area contributed by atoms with Crippen LogP contribution in [-0.2, 0) is 9.59 Å². The second kappa shape index (κ2) is 8.81. The Morgan fingerprint density at radius 2 is 1.73 bits per heavy atom. The van der Waals surface area contributed by atoms with Crippen molar-refractivity contribution in [2.75, 3.05) is 22.1 Å². The molecule has 30 heavy (non-hydrogen) atoms. The van der Waals surface area contributed by atoms with E-state index in [0.717, 1.165) is 10.2 Å². The molecule has 0 saturated carbocycles. The molecular weight excluding hydrogens is 466 g/mol. The van der Waals surface area contributed by atoms with Gasteiger partial charge in [-0.2, -0.15) is 0 Å².